The van der Waals surface area contributed by atoms with E-state index in [4.69, 9.17) is 0 Å². The van der Waals surface area contributed by atoms with Gasteiger partial charge in [-0.25, -0.2) is 0 Å². The Hall–Kier alpha value is -3.66. The van der Waals surface area contributed by atoms with Gasteiger partial charge < -0.3 is 9.88 Å². The minimum absolute atomic E-state index is 0.126. The van der Waals surface area contributed by atoms with Crippen molar-refractivity contribution >= 4 is 11.6 Å². The molecular formula is C25H23N3O. The van der Waals surface area contributed by atoms with Crippen LogP contribution in [0.25, 0.3) is 16.9 Å². The van der Waals surface area contributed by atoms with Crippen molar-refractivity contribution in [2.75, 3.05) is 5.32 Å². The summed E-state index contributed by atoms with van der Waals surface area (Å²) in [5.41, 5.74) is 7.77. The Kier molecular flexibility index (Phi) is 5.00. The van der Waals surface area contributed by atoms with E-state index in [1.165, 1.54) is 0 Å². The van der Waals surface area contributed by atoms with Crippen molar-refractivity contribution in [1.29, 1.82) is 0 Å². The second-order valence-corrected chi connectivity index (χ2v) is 7.22. The number of hydrogen-bond acceptors (Lipinski definition) is 2. The fourth-order valence-electron chi connectivity index (χ4n) is 3.47. The summed E-state index contributed by atoms with van der Waals surface area (Å²) in [4.78, 5) is 17.2. The number of aryl methyl sites for hydroxylation is 3. The summed E-state index contributed by atoms with van der Waals surface area (Å²) in [6.45, 7) is 6.19. The number of pyridine rings is 1. The highest BCUT2D eigenvalue weighted by molar-refractivity contribution is 6.04. The van der Waals surface area contributed by atoms with Crippen LogP contribution in [0.15, 0.2) is 79.0 Å². The molecule has 4 aromatic rings. The van der Waals surface area contributed by atoms with E-state index in [0.29, 0.717) is 5.56 Å². The average Bonchev–Trinajstić information content (AvgIpc) is 3.08. The van der Waals surface area contributed by atoms with E-state index in [9.17, 15) is 4.79 Å². The SMILES string of the molecule is Cc1ccc(NC(=O)c2ccc(-c3ncccc3-n3c(C)ccc3C)cc2)cc1. The molecule has 144 valence electrons. The first kappa shape index (κ1) is 18.7. The number of benzene rings is 2. The van der Waals surface area contributed by atoms with Crippen molar-refractivity contribution in [3.8, 4) is 16.9 Å². The summed E-state index contributed by atoms with van der Waals surface area (Å²) >= 11 is 0. The predicted molar refractivity (Wildman–Crippen MR) is 118 cm³/mol. The summed E-state index contributed by atoms with van der Waals surface area (Å²) in [5, 5.41) is 2.93. The highest BCUT2D eigenvalue weighted by Crippen LogP contribution is 2.27. The maximum atomic E-state index is 12.6. The molecule has 0 radical (unpaired) electrons. The normalized spacial score (nSPS) is 10.7. The van der Waals surface area contributed by atoms with Crippen molar-refractivity contribution in [2.24, 2.45) is 0 Å². The van der Waals surface area contributed by atoms with E-state index in [2.05, 4.69) is 46.9 Å². The van der Waals surface area contributed by atoms with Crippen LogP contribution < -0.4 is 5.32 Å². The number of carbonyl (C=O) groups excluding carboxylic acids is 1. The van der Waals surface area contributed by atoms with E-state index in [-0.39, 0.29) is 5.91 Å². The lowest BCUT2D eigenvalue weighted by Crippen LogP contribution is -2.11. The molecule has 0 aliphatic carbocycles. The topological polar surface area (TPSA) is 46.9 Å². The number of amides is 1. The number of nitrogens with zero attached hydrogens (tertiary/aromatic N) is 2. The van der Waals surface area contributed by atoms with Crippen LogP contribution in [0.5, 0.6) is 0 Å². The number of aromatic nitrogens is 2. The number of carbonyl (C=O) groups is 1. The lowest BCUT2D eigenvalue weighted by atomic mass is 10.1. The standard InChI is InChI=1S/C25H23N3O/c1-17-6-14-22(15-7-17)27-25(29)21-12-10-20(11-13-21)24-23(5-4-16-26-24)28-18(2)8-9-19(28)3/h4-16H,1-3H3,(H,27,29). The van der Waals surface area contributed by atoms with Gasteiger partial charge in [0.25, 0.3) is 5.91 Å². The molecule has 0 aliphatic rings. The van der Waals surface area contributed by atoms with Crippen molar-refractivity contribution < 1.29 is 4.79 Å². The van der Waals surface area contributed by atoms with Crippen LogP contribution in [-0.2, 0) is 0 Å². The Bertz CT molecular complexity index is 1140. The van der Waals surface area contributed by atoms with Gasteiger partial charge in [-0.1, -0.05) is 29.8 Å². The van der Waals surface area contributed by atoms with Crippen molar-refractivity contribution in [3.05, 3.63) is 102 Å². The monoisotopic (exact) mass is 381 g/mol. The van der Waals surface area contributed by atoms with E-state index < -0.39 is 0 Å². The molecule has 1 amide bonds. The summed E-state index contributed by atoms with van der Waals surface area (Å²) in [6, 6.07) is 23.6. The quantitative estimate of drug-likeness (QED) is 0.492. The molecule has 0 aliphatic heterocycles. The zero-order valence-electron chi connectivity index (χ0n) is 16.8. The van der Waals surface area contributed by atoms with Crippen LogP contribution in [-0.4, -0.2) is 15.5 Å². The molecule has 0 unspecified atom stereocenters. The smallest absolute Gasteiger partial charge is 0.255 e. The fourth-order valence-corrected chi connectivity index (χ4v) is 3.47. The van der Waals surface area contributed by atoms with Crippen LogP contribution in [0.2, 0.25) is 0 Å². The van der Waals surface area contributed by atoms with Crippen molar-refractivity contribution in [3.63, 3.8) is 0 Å². The molecule has 4 heteroatoms. The molecule has 0 bridgehead atoms. The Morgan fingerprint density at radius 1 is 0.828 bits per heavy atom. The zero-order valence-corrected chi connectivity index (χ0v) is 16.8. The largest absolute Gasteiger partial charge is 0.322 e. The molecule has 1 N–H and O–H groups in total. The third kappa shape index (κ3) is 3.83. The third-order valence-electron chi connectivity index (χ3n) is 5.03. The van der Waals surface area contributed by atoms with Gasteiger partial charge in [0, 0.05) is 34.4 Å². The van der Waals surface area contributed by atoms with Crippen molar-refractivity contribution in [1.82, 2.24) is 9.55 Å². The highest BCUT2D eigenvalue weighted by Gasteiger charge is 2.13. The zero-order chi connectivity index (χ0) is 20.4. The molecule has 4 nitrogen and oxygen atoms in total. The molecule has 2 aromatic heterocycles. The minimum Gasteiger partial charge on any atom is -0.322 e. The predicted octanol–water partition coefficient (Wildman–Crippen LogP) is 5.72. The van der Waals surface area contributed by atoms with E-state index in [1.807, 2.05) is 61.5 Å². The van der Waals surface area contributed by atoms with Gasteiger partial charge in [-0.15, -0.1) is 0 Å². The van der Waals surface area contributed by atoms with Gasteiger partial charge in [0.1, 0.15) is 0 Å². The summed E-state index contributed by atoms with van der Waals surface area (Å²) in [5.74, 6) is -0.126. The average molecular weight is 381 g/mol. The molecular weight excluding hydrogens is 358 g/mol. The van der Waals surface area contributed by atoms with Gasteiger partial charge in [-0.3, -0.25) is 9.78 Å². The fraction of sp³-hybridized carbons (Fsp3) is 0.120. The first-order valence-corrected chi connectivity index (χ1v) is 9.62. The molecule has 2 heterocycles. The summed E-state index contributed by atoms with van der Waals surface area (Å²) in [7, 11) is 0. The van der Waals surface area contributed by atoms with Gasteiger partial charge in [0.15, 0.2) is 0 Å². The Morgan fingerprint density at radius 2 is 1.48 bits per heavy atom. The maximum Gasteiger partial charge on any atom is 0.255 e. The van der Waals surface area contributed by atoms with Gasteiger partial charge >= 0.3 is 0 Å². The van der Waals surface area contributed by atoms with Crippen LogP contribution in [0.3, 0.4) is 0 Å². The Labute approximate surface area is 170 Å². The first-order chi connectivity index (χ1) is 14.0. The lowest BCUT2D eigenvalue weighted by molar-refractivity contribution is 0.102. The van der Waals surface area contributed by atoms with Gasteiger partial charge in [0.2, 0.25) is 0 Å². The molecule has 0 saturated carbocycles. The van der Waals surface area contributed by atoms with E-state index in [0.717, 1.165) is 39.6 Å². The molecule has 0 fully saturated rings. The van der Waals surface area contributed by atoms with Crippen LogP contribution >= 0.6 is 0 Å². The van der Waals surface area contributed by atoms with E-state index >= 15 is 0 Å². The highest BCUT2D eigenvalue weighted by atomic mass is 16.1. The van der Waals surface area contributed by atoms with Crippen LogP contribution in [0.4, 0.5) is 5.69 Å². The summed E-state index contributed by atoms with van der Waals surface area (Å²) < 4.78 is 2.19. The Balaban J connectivity index is 1.62. The lowest BCUT2D eigenvalue weighted by Gasteiger charge is -2.14. The first-order valence-electron chi connectivity index (χ1n) is 9.62. The second-order valence-electron chi connectivity index (χ2n) is 7.22. The maximum absolute atomic E-state index is 12.6. The summed E-state index contributed by atoms with van der Waals surface area (Å²) in [6.07, 6.45) is 1.80. The number of rotatable bonds is 4. The minimum atomic E-state index is -0.126. The number of hydrogen-bond donors (Lipinski definition) is 1. The van der Waals surface area contributed by atoms with Crippen LogP contribution in [0.1, 0.15) is 27.3 Å². The van der Waals surface area contributed by atoms with Gasteiger partial charge in [-0.2, -0.15) is 0 Å². The third-order valence-corrected chi connectivity index (χ3v) is 5.03. The molecule has 29 heavy (non-hydrogen) atoms. The molecule has 4 rings (SSSR count). The van der Waals surface area contributed by atoms with Crippen LogP contribution in [0, 0.1) is 20.8 Å². The Morgan fingerprint density at radius 3 is 2.14 bits per heavy atom. The van der Waals surface area contributed by atoms with Gasteiger partial charge in [-0.05, 0) is 69.3 Å². The van der Waals surface area contributed by atoms with E-state index in [1.54, 1.807) is 6.20 Å². The molecule has 0 atom stereocenters. The molecule has 0 saturated heterocycles. The second kappa shape index (κ2) is 7.76. The molecule has 0 spiro atoms. The van der Waals surface area contributed by atoms with Crippen molar-refractivity contribution in [2.45, 2.75) is 20.8 Å². The van der Waals surface area contributed by atoms with Gasteiger partial charge in [0.05, 0.1) is 11.4 Å². The molecule has 2 aromatic carbocycles. The number of nitrogens with one attached hydrogen (secondary N) is 1. The number of anilines is 1.